The quantitative estimate of drug-likeness (QED) is 0.322. The third kappa shape index (κ3) is 5.15. The third-order valence-corrected chi connectivity index (χ3v) is 10.3. The molecular formula is C32H39N7OS. The molecule has 3 aliphatic rings. The SMILES string of the molecule is Cc1nc(N[C@H](C)c2ccc(-c3ccccc3CN3CCCC3)s2)c2cc(N3CC4CCC(C3)N4)c(=O)n(C)c2n1. The lowest BCUT2D eigenvalue weighted by Gasteiger charge is -2.34. The van der Waals surface area contributed by atoms with Crippen LogP contribution in [0, 0.1) is 6.92 Å². The summed E-state index contributed by atoms with van der Waals surface area (Å²) in [6.45, 7) is 9.20. The van der Waals surface area contributed by atoms with E-state index < -0.39 is 0 Å². The zero-order valence-corrected chi connectivity index (χ0v) is 25.0. The van der Waals surface area contributed by atoms with E-state index in [0.29, 0.717) is 23.6 Å². The van der Waals surface area contributed by atoms with Gasteiger partial charge in [0.2, 0.25) is 0 Å². The molecule has 0 spiro atoms. The van der Waals surface area contributed by atoms with Crippen molar-refractivity contribution in [2.75, 3.05) is 36.4 Å². The lowest BCUT2D eigenvalue weighted by Crippen LogP contribution is -2.52. The van der Waals surface area contributed by atoms with E-state index in [1.54, 1.807) is 4.57 Å². The molecular weight excluding hydrogens is 530 g/mol. The normalized spacial score (nSPS) is 21.6. The Bertz CT molecular complexity index is 1630. The Kier molecular flexibility index (Phi) is 7.05. The lowest BCUT2D eigenvalue weighted by atomic mass is 10.1. The number of aromatic nitrogens is 3. The highest BCUT2D eigenvalue weighted by atomic mass is 32.1. The molecule has 3 atom stereocenters. The summed E-state index contributed by atoms with van der Waals surface area (Å²) in [4.78, 5) is 30.4. The van der Waals surface area contributed by atoms with E-state index in [2.05, 4.69) is 68.7 Å². The Morgan fingerprint density at radius 3 is 2.61 bits per heavy atom. The Morgan fingerprint density at radius 2 is 1.83 bits per heavy atom. The molecule has 3 fully saturated rings. The molecule has 3 aliphatic heterocycles. The van der Waals surface area contributed by atoms with E-state index in [1.165, 1.54) is 59.7 Å². The molecule has 2 unspecified atom stereocenters. The predicted molar refractivity (Wildman–Crippen MR) is 168 cm³/mol. The van der Waals surface area contributed by atoms with Crippen molar-refractivity contribution < 1.29 is 0 Å². The molecule has 2 N–H and O–H groups in total. The number of benzene rings is 1. The van der Waals surface area contributed by atoms with Gasteiger partial charge in [-0.1, -0.05) is 24.3 Å². The molecule has 1 aromatic carbocycles. The highest BCUT2D eigenvalue weighted by Crippen LogP contribution is 2.36. The first-order valence-corrected chi connectivity index (χ1v) is 15.8. The van der Waals surface area contributed by atoms with Crippen LogP contribution in [0.4, 0.5) is 11.5 Å². The van der Waals surface area contributed by atoms with Crippen molar-refractivity contribution in [2.45, 2.75) is 64.2 Å². The molecule has 9 heteroatoms. The van der Waals surface area contributed by atoms with Gasteiger partial charge in [-0.3, -0.25) is 14.3 Å². The number of hydrogen-bond acceptors (Lipinski definition) is 8. The molecule has 3 saturated heterocycles. The Morgan fingerprint density at radius 1 is 1.07 bits per heavy atom. The first-order valence-electron chi connectivity index (χ1n) is 15.0. The lowest BCUT2D eigenvalue weighted by molar-refractivity contribution is 0.332. The van der Waals surface area contributed by atoms with Crippen LogP contribution in [0.25, 0.3) is 21.5 Å². The average molecular weight is 570 g/mol. The molecule has 214 valence electrons. The van der Waals surface area contributed by atoms with E-state index >= 15 is 0 Å². The van der Waals surface area contributed by atoms with Gasteiger partial charge in [0.05, 0.1) is 11.4 Å². The second kappa shape index (κ2) is 10.9. The molecule has 3 aromatic heterocycles. The minimum Gasteiger partial charge on any atom is -0.364 e. The van der Waals surface area contributed by atoms with E-state index in [9.17, 15) is 4.79 Å². The van der Waals surface area contributed by atoms with E-state index in [0.717, 1.165) is 36.5 Å². The van der Waals surface area contributed by atoms with Crippen molar-refractivity contribution in [3.63, 3.8) is 0 Å². The summed E-state index contributed by atoms with van der Waals surface area (Å²) in [6.07, 6.45) is 4.95. The van der Waals surface area contributed by atoms with E-state index in [4.69, 9.17) is 4.98 Å². The Hall–Kier alpha value is -3.27. The van der Waals surface area contributed by atoms with Gasteiger partial charge in [0.15, 0.2) is 0 Å². The summed E-state index contributed by atoms with van der Waals surface area (Å²) in [5.41, 5.74) is 4.15. The highest BCUT2D eigenvalue weighted by Gasteiger charge is 2.33. The number of thiophene rings is 1. The first-order chi connectivity index (χ1) is 19.9. The Balaban J connectivity index is 1.18. The van der Waals surface area contributed by atoms with Gasteiger partial charge in [-0.05, 0) is 81.9 Å². The highest BCUT2D eigenvalue weighted by molar-refractivity contribution is 7.15. The van der Waals surface area contributed by atoms with Gasteiger partial charge in [-0.15, -0.1) is 11.3 Å². The van der Waals surface area contributed by atoms with Gasteiger partial charge in [0.25, 0.3) is 5.56 Å². The predicted octanol–water partition coefficient (Wildman–Crippen LogP) is 5.07. The van der Waals surface area contributed by atoms with E-state index in [1.807, 2.05) is 31.4 Å². The fraction of sp³-hybridized carbons (Fsp3) is 0.469. The average Bonchev–Trinajstić information content (AvgIpc) is 3.73. The zero-order valence-electron chi connectivity index (χ0n) is 24.2. The van der Waals surface area contributed by atoms with Crippen LogP contribution in [0.5, 0.6) is 0 Å². The molecule has 0 saturated carbocycles. The summed E-state index contributed by atoms with van der Waals surface area (Å²) >= 11 is 1.84. The van der Waals surface area contributed by atoms with Gasteiger partial charge in [-0.25, -0.2) is 9.97 Å². The summed E-state index contributed by atoms with van der Waals surface area (Å²) < 4.78 is 1.69. The summed E-state index contributed by atoms with van der Waals surface area (Å²) in [6, 6.07) is 16.3. The van der Waals surface area contributed by atoms with Crippen LogP contribution >= 0.6 is 11.3 Å². The number of aryl methyl sites for hydroxylation is 2. The molecule has 0 radical (unpaired) electrons. The van der Waals surface area contributed by atoms with Crippen LogP contribution in [0.1, 0.15) is 54.9 Å². The maximum absolute atomic E-state index is 13.5. The maximum Gasteiger partial charge on any atom is 0.275 e. The zero-order chi connectivity index (χ0) is 28.1. The fourth-order valence-electron chi connectivity index (χ4n) is 6.84. The Labute approximate surface area is 245 Å². The molecule has 4 aromatic rings. The topological polar surface area (TPSA) is 78.3 Å². The van der Waals surface area contributed by atoms with Gasteiger partial charge >= 0.3 is 0 Å². The summed E-state index contributed by atoms with van der Waals surface area (Å²) in [7, 11) is 1.83. The number of rotatable bonds is 7. The van der Waals surface area contributed by atoms with Crippen molar-refractivity contribution in [1.82, 2.24) is 24.8 Å². The molecule has 0 amide bonds. The standard InChI is InChI=1S/C32H39N7OS/c1-20(28-12-13-29(41-28)25-9-5-4-8-22(25)17-38-14-6-7-15-38)33-30-26-16-27(39-18-23-10-11-24(19-39)36-23)32(40)37(3)31(26)35-21(2)34-30/h4-5,8-9,12-13,16,20,23-24,36H,6-7,10-11,14-15,17-19H2,1-3H3,(H,33,34,35)/t20-,23?,24?/m1/s1. The van der Waals surface area contributed by atoms with Crippen LogP contribution in [-0.2, 0) is 13.6 Å². The monoisotopic (exact) mass is 569 g/mol. The molecule has 2 bridgehead atoms. The maximum atomic E-state index is 13.5. The summed E-state index contributed by atoms with van der Waals surface area (Å²) in [5.74, 6) is 1.43. The van der Waals surface area contributed by atoms with Gasteiger partial charge < -0.3 is 15.5 Å². The number of nitrogens with zero attached hydrogens (tertiary/aromatic N) is 5. The molecule has 0 aliphatic carbocycles. The molecule has 7 rings (SSSR count). The van der Waals surface area contributed by atoms with Crippen LogP contribution in [-0.4, -0.2) is 57.7 Å². The van der Waals surface area contributed by atoms with Crippen molar-refractivity contribution in [3.05, 3.63) is 69.1 Å². The van der Waals surface area contributed by atoms with Crippen molar-refractivity contribution in [1.29, 1.82) is 0 Å². The number of anilines is 2. The van der Waals surface area contributed by atoms with Gasteiger partial charge in [-0.2, -0.15) is 0 Å². The number of pyridine rings is 1. The van der Waals surface area contributed by atoms with Crippen LogP contribution in [0.15, 0.2) is 47.3 Å². The van der Waals surface area contributed by atoms with Crippen LogP contribution in [0.3, 0.4) is 0 Å². The first kappa shape index (κ1) is 26.6. The van der Waals surface area contributed by atoms with Gasteiger partial charge in [0, 0.05) is 48.5 Å². The van der Waals surface area contributed by atoms with Crippen molar-refractivity contribution >= 4 is 33.9 Å². The molecule has 41 heavy (non-hydrogen) atoms. The second-order valence-electron chi connectivity index (χ2n) is 12.0. The smallest absolute Gasteiger partial charge is 0.275 e. The van der Waals surface area contributed by atoms with Crippen LogP contribution in [0.2, 0.25) is 0 Å². The van der Waals surface area contributed by atoms with E-state index in [-0.39, 0.29) is 11.6 Å². The number of fused-ring (bicyclic) bond motifs is 3. The second-order valence-corrected chi connectivity index (χ2v) is 13.1. The number of likely N-dealkylation sites (tertiary alicyclic amines) is 1. The number of hydrogen-bond donors (Lipinski definition) is 2. The fourth-order valence-corrected chi connectivity index (χ4v) is 7.91. The largest absolute Gasteiger partial charge is 0.364 e. The summed E-state index contributed by atoms with van der Waals surface area (Å²) in [5, 5.41) is 8.25. The minimum atomic E-state index is 0.00592. The molecule has 6 heterocycles. The van der Waals surface area contributed by atoms with Crippen LogP contribution < -0.4 is 21.1 Å². The van der Waals surface area contributed by atoms with Crippen molar-refractivity contribution in [2.24, 2.45) is 7.05 Å². The number of nitrogens with one attached hydrogen (secondary N) is 2. The third-order valence-electron chi connectivity index (χ3n) is 9.00. The van der Waals surface area contributed by atoms with Gasteiger partial charge in [0.1, 0.15) is 23.0 Å². The van der Waals surface area contributed by atoms with Crippen molar-refractivity contribution in [3.8, 4) is 10.4 Å². The molecule has 8 nitrogen and oxygen atoms in total. The minimum absolute atomic E-state index is 0.00592. The number of piperazine rings is 1.